The van der Waals surface area contributed by atoms with Crippen LogP contribution in [0.15, 0.2) is 18.5 Å². The normalized spacial score (nSPS) is 11.1. The van der Waals surface area contributed by atoms with Gasteiger partial charge in [0.2, 0.25) is 0 Å². The molecule has 90 valence electrons. The number of aromatic amines is 1. The van der Waals surface area contributed by atoms with Gasteiger partial charge in [-0.15, -0.1) is 5.10 Å². The molecule has 16 heavy (non-hydrogen) atoms. The zero-order valence-electron chi connectivity index (χ0n) is 9.98. The Kier molecular flexibility index (Phi) is 7.13. The monoisotopic (exact) mass is 223 g/mol. The van der Waals surface area contributed by atoms with Gasteiger partial charge in [0.1, 0.15) is 0 Å². The predicted molar refractivity (Wildman–Crippen MR) is 63.9 cm³/mol. The molecule has 0 aromatic carbocycles. The van der Waals surface area contributed by atoms with Crippen LogP contribution < -0.4 is 0 Å². The highest BCUT2D eigenvalue weighted by Crippen LogP contribution is 2.06. The Morgan fingerprint density at radius 2 is 2.19 bits per heavy atom. The van der Waals surface area contributed by atoms with Gasteiger partial charge in [0, 0.05) is 6.20 Å². The van der Waals surface area contributed by atoms with E-state index in [1.807, 2.05) is 13.1 Å². The third-order valence-corrected chi connectivity index (χ3v) is 2.38. The molecule has 1 aromatic rings. The average Bonchev–Trinajstić information content (AvgIpc) is 2.80. The van der Waals surface area contributed by atoms with Crippen molar-refractivity contribution in [1.29, 1.82) is 0 Å². The van der Waals surface area contributed by atoms with Gasteiger partial charge in [0.05, 0.1) is 18.6 Å². The molecule has 0 unspecified atom stereocenters. The van der Waals surface area contributed by atoms with E-state index in [-0.39, 0.29) is 0 Å². The number of unbranched alkanes of at least 4 members (excludes halogenated alkanes) is 4. The first-order valence-corrected chi connectivity index (χ1v) is 6.05. The molecule has 1 aromatic heterocycles. The molecule has 0 bridgehead atoms. The number of aryl methyl sites for hydroxylation is 1. The molecule has 0 saturated carbocycles. The second kappa shape index (κ2) is 8.95. The number of allylic oxidation sites excluding steroid dienone is 1. The molecule has 0 fully saturated rings. The van der Waals surface area contributed by atoms with Crippen molar-refractivity contribution in [2.75, 3.05) is 6.61 Å². The van der Waals surface area contributed by atoms with Gasteiger partial charge in [-0.1, -0.05) is 18.1 Å². The molecule has 0 saturated heterocycles. The minimum atomic E-state index is 0.758. The molecular formula is C12H21N3O. The van der Waals surface area contributed by atoms with Gasteiger partial charge in [-0.3, -0.25) is 5.10 Å². The summed E-state index contributed by atoms with van der Waals surface area (Å²) in [6, 6.07) is 0. The molecule has 1 N–H and O–H groups in total. The molecule has 4 nitrogen and oxygen atoms in total. The topological polar surface area (TPSA) is 50.8 Å². The van der Waals surface area contributed by atoms with Gasteiger partial charge in [0.25, 0.3) is 0 Å². The highest BCUT2D eigenvalue weighted by molar-refractivity contribution is 4.89. The van der Waals surface area contributed by atoms with Crippen molar-refractivity contribution >= 4 is 0 Å². The molecule has 4 heteroatoms. The zero-order chi connectivity index (χ0) is 11.5. The average molecular weight is 223 g/mol. The SMILES string of the molecule is CCOC=CCCCCCCc1c[nH]nn1. The van der Waals surface area contributed by atoms with Crippen molar-refractivity contribution in [3.8, 4) is 0 Å². The van der Waals surface area contributed by atoms with E-state index in [0.717, 1.165) is 25.1 Å². The van der Waals surface area contributed by atoms with Crippen LogP contribution in [0, 0.1) is 0 Å². The summed E-state index contributed by atoms with van der Waals surface area (Å²) in [6.07, 6.45) is 12.9. The summed E-state index contributed by atoms with van der Waals surface area (Å²) in [5.74, 6) is 0. The summed E-state index contributed by atoms with van der Waals surface area (Å²) >= 11 is 0. The number of nitrogens with one attached hydrogen (secondary N) is 1. The lowest BCUT2D eigenvalue weighted by Gasteiger charge is -1.97. The lowest BCUT2D eigenvalue weighted by atomic mass is 10.1. The minimum Gasteiger partial charge on any atom is -0.502 e. The summed E-state index contributed by atoms with van der Waals surface area (Å²) in [6.45, 7) is 2.75. The summed E-state index contributed by atoms with van der Waals surface area (Å²) in [5, 5.41) is 10.4. The van der Waals surface area contributed by atoms with E-state index in [1.165, 1.54) is 25.7 Å². The maximum atomic E-state index is 5.11. The van der Waals surface area contributed by atoms with E-state index in [9.17, 15) is 0 Å². The number of aromatic nitrogens is 3. The number of hydrogen-bond acceptors (Lipinski definition) is 3. The van der Waals surface area contributed by atoms with Crippen molar-refractivity contribution in [3.63, 3.8) is 0 Å². The fourth-order valence-electron chi connectivity index (χ4n) is 1.50. The smallest absolute Gasteiger partial charge is 0.0845 e. The first-order valence-electron chi connectivity index (χ1n) is 6.05. The third-order valence-electron chi connectivity index (χ3n) is 2.38. The standard InChI is InChI=1S/C12H21N3O/c1-2-16-10-8-6-4-3-5-7-9-12-11-13-15-14-12/h8,10-11H,2-7,9H2,1H3,(H,13,14,15). The Morgan fingerprint density at radius 1 is 1.31 bits per heavy atom. The van der Waals surface area contributed by atoms with Crippen molar-refractivity contribution in [2.24, 2.45) is 0 Å². The molecule has 1 rings (SSSR count). The van der Waals surface area contributed by atoms with Crippen LogP contribution in [-0.4, -0.2) is 22.0 Å². The van der Waals surface area contributed by atoms with Gasteiger partial charge in [-0.25, -0.2) is 0 Å². The quantitative estimate of drug-likeness (QED) is 0.517. The largest absolute Gasteiger partial charge is 0.502 e. The van der Waals surface area contributed by atoms with Crippen LogP contribution in [0.5, 0.6) is 0 Å². The molecule has 1 heterocycles. The maximum Gasteiger partial charge on any atom is 0.0845 e. The van der Waals surface area contributed by atoms with Crippen LogP contribution in [0.4, 0.5) is 0 Å². The van der Waals surface area contributed by atoms with E-state index in [2.05, 4.69) is 21.5 Å². The first kappa shape index (κ1) is 12.7. The van der Waals surface area contributed by atoms with Crippen molar-refractivity contribution in [1.82, 2.24) is 15.4 Å². The summed E-state index contributed by atoms with van der Waals surface area (Å²) < 4.78 is 5.11. The molecular weight excluding hydrogens is 202 g/mol. The van der Waals surface area contributed by atoms with Gasteiger partial charge in [0.15, 0.2) is 0 Å². The lowest BCUT2D eigenvalue weighted by Crippen LogP contribution is -1.86. The molecule has 0 aliphatic carbocycles. The highest BCUT2D eigenvalue weighted by Gasteiger charge is 1.95. The lowest BCUT2D eigenvalue weighted by molar-refractivity contribution is 0.268. The Balaban J connectivity index is 1.85. The molecule has 0 aliphatic rings. The van der Waals surface area contributed by atoms with E-state index in [4.69, 9.17) is 4.74 Å². The van der Waals surface area contributed by atoms with Gasteiger partial charge in [-0.05, 0) is 38.7 Å². The minimum absolute atomic E-state index is 0.758. The molecule has 0 aliphatic heterocycles. The Morgan fingerprint density at radius 3 is 2.94 bits per heavy atom. The fourth-order valence-corrected chi connectivity index (χ4v) is 1.50. The van der Waals surface area contributed by atoms with Crippen molar-refractivity contribution in [3.05, 3.63) is 24.2 Å². The van der Waals surface area contributed by atoms with Crippen LogP contribution >= 0.6 is 0 Å². The highest BCUT2D eigenvalue weighted by atomic mass is 16.5. The van der Waals surface area contributed by atoms with Crippen LogP contribution in [0.25, 0.3) is 0 Å². The maximum absolute atomic E-state index is 5.11. The Hall–Kier alpha value is -1.32. The van der Waals surface area contributed by atoms with E-state index >= 15 is 0 Å². The number of hydrogen-bond donors (Lipinski definition) is 1. The molecule has 0 spiro atoms. The number of H-pyrrole nitrogens is 1. The summed E-state index contributed by atoms with van der Waals surface area (Å²) in [5.41, 5.74) is 1.07. The third kappa shape index (κ3) is 6.22. The second-order valence-electron chi connectivity index (χ2n) is 3.74. The van der Waals surface area contributed by atoms with Gasteiger partial charge < -0.3 is 4.74 Å². The summed E-state index contributed by atoms with van der Waals surface area (Å²) in [7, 11) is 0. The Labute approximate surface area is 97.1 Å². The molecule has 0 radical (unpaired) electrons. The van der Waals surface area contributed by atoms with E-state index in [0.29, 0.717) is 0 Å². The second-order valence-corrected chi connectivity index (χ2v) is 3.74. The number of nitrogens with zero attached hydrogens (tertiary/aromatic N) is 2. The van der Waals surface area contributed by atoms with Crippen LogP contribution in [0.1, 0.15) is 44.7 Å². The summed E-state index contributed by atoms with van der Waals surface area (Å²) in [4.78, 5) is 0. The molecule has 0 atom stereocenters. The van der Waals surface area contributed by atoms with Gasteiger partial charge in [-0.2, -0.15) is 0 Å². The van der Waals surface area contributed by atoms with Crippen LogP contribution in [-0.2, 0) is 11.2 Å². The first-order chi connectivity index (χ1) is 7.93. The van der Waals surface area contributed by atoms with Crippen LogP contribution in [0.2, 0.25) is 0 Å². The number of ether oxygens (including phenoxy) is 1. The zero-order valence-corrected chi connectivity index (χ0v) is 9.98. The fraction of sp³-hybridized carbons (Fsp3) is 0.667. The van der Waals surface area contributed by atoms with Gasteiger partial charge >= 0.3 is 0 Å². The van der Waals surface area contributed by atoms with Crippen molar-refractivity contribution in [2.45, 2.75) is 45.4 Å². The molecule has 0 amide bonds. The van der Waals surface area contributed by atoms with E-state index in [1.54, 1.807) is 6.26 Å². The van der Waals surface area contributed by atoms with E-state index < -0.39 is 0 Å². The van der Waals surface area contributed by atoms with Crippen LogP contribution in [0.3, 0.4) is 0 Å². The Bertz CT molecular complexity index is 270. The number of rotatable bonds is 9. The predicted octanol–water partition coefficient (Wildman–Crippen LogP) is 2.85. The van der Waals surface area contributed by atoms with Crippen molar-refractivity contribution < 1.29 is 4.74 Å².